The first-order chi connectivity index (χ1) is 10.6. The van der Waals surface area contributed by atoms with Gasteiger partial charge in [0, 0.05) is 23.1 Å². The van der Waals surface area contributed by atoms with Crippen molar-refractivity contribution in [3.8, 4) is 5.75 Å². The highest BCUT2D eigenvalue weighted by Gasteiger charge is 2.21. The molecule has 0 heterocycles. The Labute approximate surface area is 136 Å². The summed E-state index contributed by atoms with van der Waals surface area (Å²) in [7, 11) is 3.47. The standard InChI is InChI=1S/C18H21NO2S/c1-13(16-7-5-6-8-17(16)21-3)19(2)18(20)14-9-11-15(22-4)12-10-14/h5-13H,1-4H3. The van der Waals surface area contributed by atoms with E-state index in [1.807, 2.05) is 68.8 Å². The molecular weight excluding hydrogens is 294 g/mol. The lowest BCUT2D eigenvalue weighted by atomic mass is 10.0. The number of carbonyl (C=O) groups excluding carboxylic acids is 1. The number of thioether (sulfide) groups is 1. The van der Waals surface area contributed by atoms with E-state index < -0.39 is 0 Å². The van der Waals surface area contributed by atoms with Gasteiger partial charge in [-0.25, -0.2) is 0 Å². The Balaban J connectivity index is 2.21. The Hall–Kier alpha value is -1.94. The highest BCUT2D eigenvalue weighted by atomic mass is 32.2. The summed E-state index contributed by atoms with van der Waals surface area (Å²) in [5.41, 5.74) is 1.70. The number of ether oxygens (including phenoxy) is 1. The monoisotopic (exact) mass is 315 g/mol. The lowest BCUT2D eigenvalue weighted by molar-refractivity contribution is 0.0741. The van der Waals surface area contributed by atoms with Crippen molar-refractivity contribution in [1.29, 1.82) is 0 Å². The van der Waals surface area contributed by atoms with Gasteiger partial charge in [-0.05, 0) is 43.5 Å². The summed E-state index contributed by atoms with van der Waals surface area (Å²) in [5.74, 6) is 0.804. The van der Waals surface area contributed by atoms with Crippen molar-refractivity contribution >= 4 is 17.7 Å². The highest BCUT2D eigenvalue weighted by molar-refractivity contribution is 7.98. The molecule has 2 rings (SSSR count). The third-order valence-electron chi connectivity index (χ3n) is 3.83. The van der Waals surface area contributed by atoms with E-state index in [4.69, 9.17) is 4.74 Å². The van der Waals surface area contributed by atoms with Crippen LogP contribution in [0.4, 0.5) is 0 Å². The molecule has 0 spiro atoms. The quantitative estimate of drug-likeness (QED) is 0.773. The molecule has 0 aromatic heterocycles. The van der Waals surface area contributed by atoms with E-state index in [0.717, 1.165) is 16.2 Å². The molecule has 0 N–H and O–H groups in total. The van der Waals surface area contributed by atoms with Gasteiger partial charge in [0.2, 0.25) is 0 Å². The molecule has 2 aromatic carbocycles. The van der Waals surface area contributed by atoms with Crippen molar-refractivity contribution in [3.63, 3.8) is 0 Å². The molecule has 2 aromatic rings. The van der Waals surface area contributed by atoms with Crippen LogP contribution in [-0.2, 0) is 0 Å². The smallest absolute Gasteiger partial charge is 0.254 e. The summed E-state index contributed by atoms with van der Waals surface area (Å²) in [4.78, 5) is 15.5. The van der Waals surface area contributed by atoms with Crippen LogP contribution in [0.2, 0.25) is 0 Å². The molecule has 0 saturated carbocycles. The van der Waals surface area contributed by atoms with Crippen LogP contribution in [0.25, 0.3) is 0 Å². The van der Waals surface area contributed by atoms with Gasteiger partial charge in [-0.2, -0.15) is 0 Å². The molecule has 0 radical (unpaired) electrons. The van der Waals surface area contributed by atoms with E-state index >= 15 is 0 Å². The number of carbonyl (C=O) groups is 1. The molecule has 0 aliphatic carbocycles. The van der Waals surface area contributed by atoms with Crippen molar-refractivity contribution in [2.24, 2.45) is 0 Å². The second kappa shape index (κ2) is 7.36. The predicted molar refractivity (Wildman–Crippen MR) is 91.7 cm³/mol. The molecule has 1 unspecified atom stereocenters. The first kappa shape index (κ1) is 16.4. The van der Waals surface area contributed by atoms with Gasteiger partial charge >= 0.3 is 0 Å². The molecule has 1 atom stereocenters. The molecule has 0 aliphatic heterocycles. The van der Waals surface area contributed by atoms with Gasteiger partial charge in [0.15, 0.2) is 0 Å². The first-order valence-corrected chi connectivity index (χ1v) is 8.35. The van der Waals surface area contributed by atoms with E-state index in [1.54, 1.807) is 23.8 Å². The maximum atomic E-state index is 12.6. The van der Waals surface area contributed by atoms with Crippen molar-refractivity contribution < 1.29 is 9.53 Å². The van der Waals surface area contributed by atoms with Crippen LogP contribution >= 0.6 is 11.8 Å². The zero-order valence-electron chi connectivity index (χ0n) is 13.4. The summed E-state index contributed by atoms with van der Waals surface area (Å²) in [6, 6.07) is 15.4. The van der Waals surface area contributed by atoms with Crippen LogP contribution in [0.1, 0.15) is 28.9 Å². The molecule has 0 fully saturated rings. The fourth-order valence-corrected chi connectivity index (χ4v) is 2.74. The van der Waals surface area contributed by atoms with Crippen molar-refractivity contribution in [1.82, 2.24) is 4.90 Å². The number of hydrogen-bond acceptors (Lipinski definition) is 3. The Morgan fingerprint density at radius 1 is 1.14 bits per heavy atom. The Bertz CT molecular complexity index is 640. The second-order valence-corrected chi connectivity index (χ2v) is 5.94. The van der Waals surface area contributed by atoms with E-state index in [2.05, 4.69) is 0 Å². The minimum atomic E-state index is -0.0659. The lowest BCUT2D eigenvalue weighted by Crippen LogP contribution is -2.29. The van der Waals surface area contributed by atoms with Crippen molar-refractivity contribution in [3.05, 3.63) is 59.7 Å². The van der Waals surface area contributed by atoms with Crippen LogP contribution in [0.3, 0.4) is 0 Å². The molecule has 0 aliphatic rings. The summed E-state index contributed by atoms with van der Waals surface area (Å²) >= 11 is 1.66. The normalized spacial score (nSPS) is 11.8. The molecule has 0 saturated heterocycles. The number of hydrogen-bond donors (Lipinski definition) is 0. The van der Waals surface area contributed by atoms with E-state index in [0.29, 0.717) is 5.56 Å². The fourth-order valence-electron chi connectivity index (χ4n) is 2.33. The van der Waals surface area contributed by atoms with Crippen LogP contribution in [0.5, 0.6) is 5.75 Å². The average Bonchev–Trinajstić information content (AvgIpc) is 2.59. The van der Waals surface area contributed by atoms with Gasteiger partial charge in [0.1, 0.15) is 5.75 Å². The van der Waals surface area contributed by atoms with E-state index in [1.165, 1.54) is 0 Å². The Kier molecular flexibility index (Phi) is 5.50. The Morgan fingerprint density at radius 2 is 1.77 bits per heavy atom. The van der Waals surface area contributed by atoms with Crippen molar-refractivity contribution in [2.75, 3.05) is 20.4 Å². The van der Waals surface area contributed by atoms with Crippen molar-refractivity contribution in [2.45, 2.75) is 17.9 Å². The summed E-state index contributed by atoms with van der Waals surface area (Å²) in [5, 5.41) is 0. The molecular formula is C18H21NO2S. The third-order valence-corrected chi connectivity index (χ3v) is 4.57. The third kappa shape index (κ3) is 3.45. The SMILES string of the molecule is COc1ccccc1C(C)N(C)C(=O)c1ccc(SC)cc1. The van der Waals surface area contributed by atoms with Gasteiger partial charge in [-0.15, -0.1) is 11.8 Å². The van der Waals surface area contributed by atoms with Gasteiger partial charge < -0.3 is 9.64 Å². The van der Waals surface area contributed by atoms with Crippen LogP contribution in [0, 0.1) is 0 Å². The van der Waals surface area contributed by atoms with Gasteiger partial charge in [0.05, 0.1) is 13.2 Å². The fraction of sp³-hybridized carbons (Fsp3) is 0.278. The van der Waals surface area contributed by atoms with Crippen LogP contribution < -0.4 is 4.74 Å². The van der Waals surface area contributed by atoms with Crippen LogP contribution in [0.15, 0.2) is 53.4 Å². The molecule has 4 heteroatoms. The number of rotatable bonds is 5. The average molecular weight is 315 g/mol. The van der Waals surface area contributed by atoms with Gasteiger partial charge in [-0.1, -0.05) is 18.2 Å². The topological polar surface area (TPSA) is 29.5 Å². The maximum absolute atomic E-state index is 12.6. The first-order valence-electron chi connectivity index (χ1n) is 7.12. The number of benzene rings is 2. The highest BCUT2D eigenvalue weighted by Crippen LogP contribution is 2.29. The van der Waals surface area contributed by atoms with E-state index in [-0.39, 0.29) is 11.9 Å². The number of nitrogens with zero attached hydrogens (tertiary/aromatic N) is 1. The summed E-state index contributed by atoms with van der Waals surface area (Å²) < 4.78 is 5.39. The Morgan fingerprint density at radius 3 is 2.36 bits per heavy atom. The predicted octanol–water partition coefficient (Wildman–Crippen LogP) is 4.25. The van der Waals surface area contributed by atoms with Crippen LogP contribution in [-0.4, -0.2) is 31.2 Å². The molecule has 22 heavy (non-hydrogen) atoms. The maximum Gasteiger partial charge on any atom is 0.254 e. The zero-order valence-corrected chi connectivity index (χ0v) is 14.2. The second-order valence-electron chi connectivity index (χ2n) is 5.06. The minimum Gasteiger partial charge on any atom is -0.496 e. The molecule has 1 amide bonds. The molecule has 3 nitrogen and oxygen atoms in total. The zero-order chi connectivity index (χ0) is 16.1. The minimum absolute atomic E-state index is 0.00561. The van der Waals surface area contributed by atoms with Gasteiger partial charge in [-0.3, -0.25) is 4.79 Å². The molecule has 116 valence electrons. The van der Waals surface area contributed by atoms with E-state index in [9.17, 15) is 4.79 Å². The van der Waals surface area contributed by atoms with Gasteiger partial charge in [0.25, 0.3) is 5.91 Å². The largest absolute Gasteiger partial charge is 0.496 e. The summed E-state index contributed by atoms with van der Waals surface area (Å²) in [6.45, 7) is 2.01. The number of amides is 1. The molecule has 0 bridgehead atoms. The lowest BCUT2D eigenvalue weighted by Gasteiger charge is -2.26. The number of para-hydroxylation sites is 1. The summed E-state index contributed by atoms with van der Waals surface area (Å²) in [6.07, 6.45) is 2.02. The number of methoxy groups -OCH3 is 1.